The van der Waals surface area contributed by atoms with Gasteiger partial charge in [0.25, 0.3) is 21.5 Å². The molecule has 0 bridgehead atoms. The van der Waals surface area contributed by atoms with E-state index in [0.717, 1.165) is 16.8 Å². The van der Waals surface area contributed by atoms with Gasteiger partial charge in [-0.25, -0.2) is 27.1 Å². The third-order valence-electron chi connectivity index (χ3n) is 4.72. The van der Waals surface area contributed by atoms with Crippen molar-refractivity contribution in [2.45, 2.75) is 29.4 Å². The number of sulfonamides is 1. The summed E-state index contributed by atoms with van der Waals surface area (Å²) in [4.78, 5) is 61.7. The number of nitrogens with one attached hydrogen (secondary N) is 2. The summed E-state index contributed by atoms with van der Waals surface area (Å²) in [7, 11) is -14.0. The van der Waals surface area contributed by atoms with Gasteiger partial charge < -0.3 is 29.6 Å². The van der Waals surface area contributed by atoms with E-state index in [2.05, 4.69) is 8.83 Å². The van der Waals surface area contributed by atoms with Crippen molar-refractivity contribution in [2.75, 3.05) is 6.61 Å². The average Bonchev–Trinajstić information content (AvgIpc) is 3.18. The molecule has 1 aromatic carbocycles. The molecule has 21 heteroatoms. The van der Waals surface area contributed by atoms with Crippen molar-refractivity contribution in [1.29, 1.82) is 0 Å². The van der Waals surface area contributed by atoms with Crippen LogP contribution in [0.5, 0.6) is 0 Å². The van der Waals surface area contributed by atoms with Crippen molar-refractivity contribution in [2.24, 2.45) is 0 Å². The molecule has 4 rings (SSSR count). The molecule has 37 heavy (non-hydrogen) atoms. The number of benzene rings is 1. The number of H-pyrrole nitrogens is 1. The second-order valence-corrected chi connectivity index (χ2v) is 11.8. The van der Waals surface area contributed by atoms with Crippen LogP contribution in [-0.4, -0.2) is 73.7 Å². The van der Waals surface area contributed by atoms with E-state index >= 15 is 0 Å². The minimum absolute atomic E-state index is 0.0648. The topological polar surface area (TPSA) is 281 Å². The maximum absolute atomic E-state index is 11.7. The Balaban J connectivity index is 0.000000262. The second kappa shape index (κ2) is 10.7. The maximum atomic E-state index is 11.7. The molecular formula is C16H19N3O15P2S. The molecule has 3 heterocycles. The number of fused-ring (bicyclic) bond motifs is 1. The van der Waals surface area contributed by atoms with E-state index in [-0.39, 0.29) is 10.5 Å². The predicted molar refractivity (Wildman–Crippen MR) is 117 cm³/mol. The smallest absolute Gasteiger partial charge is 0.387 e. The number of carbonyl (C=O) groups is 1. The first kappa shape index (κ1) is 29.0. The number of nitrogens with zero attached hydrogens (tertiary/aromatic N) is 1. The van der Waals surface area contributed by atoms with Gasteiger partial charge in [0.2, 0.25) is 0 Å². The summed E-state index contributed by atoms with van der Waals surface area (Å²) in [6.07, 6.45) is -5.25. The summed E-state index contributed by atoms with van der Waals surface area (Å²) in [5.41, 5.74) is -1.43. The molecule has 2 aliphatic heterocycles. The highest BCUT2D eigenvalue weighted by Gasteiger charge is 2.45. The number of carbonyl (C=O) groups excluding carboxylic acids is 1. The number of aliphatic hydroxyl groups is 2. The molecule has 1 fully saturated rings. The Kier molecular flexibility index (Phi) is 8.38. The highest BCUT2D eigenvalue weighted by molar-refractivity contribution is 7.90. The number of hydrogen-bond donors (Lipinski definition) is 7. The molecule has 1 saturated heterocycles. The monoisotopic (exact) mass is 587 g/mol. The molecule has 0 radical (unpaired) electrons. The van der Waals surface area contributed by atoms with E-state index in [4.69, 9.17) is 19.4 Å². The largest absolute Gasteiger partial charge is 0.481 e. The summed E-state index contributed by atoms with van der Waals surface area (Å²) < 4.78 is 59.8. The fraction of sp³-hybridized carbons (Fsp3) is 0.312. The Labute approximate surface area is 206 Å². The highest BCUT2D eigenvalue weighted by Crippen LogP contribution is 2.57. The first-order valence-electron chi connectivity index (χ1n) is 9.74. The van der Waals surface area contributed by atoms with Crippen molar-refractivity contribution in [3.63, 3.8) is 0 Å². The summed E-state index contributed by atoms with van der Waals surface area (Å²) in [6.45, 7) is -0.902. The molecular weight excluding hydrogens is 568 g/mol. The minimum Gasteiger partial charge on any atom is -0.387 e. The van der Waals surface area contributed by atoms with Crippen LogP contribution in [0, 0.1) is 0 Å². The minimum atomic E-state index is -5.32. The number of phosphoric acid groups is 2. The number of hydrogen-bond acceptors (Lipinski definition) is 12. The van der Waals surface area contributed by atoms with Crippen molar-refractivity contribution in [3.8, 4) is 0 Å². The molecule has 1 unspecified atom stereocenters. The van der Waals surface area contributed by atoms with Crippen LogP contribution in [0.25, 0.3) is 0 Å². The fourth-order valence-corrected chi connectivity index (χ4v) is 5.94. The number of phosphoric ester groups is 1. The van der Waals surface area contributed by atoms with Crippen molar-refractivity contribution in [3.05, 3.63) is 62.9 Å². The zero-order valence-corrected chi connectivity index (χ0v) is 20.7. The number of rotatable bonds is 6. The maximum Gasteiger partial charge on any atom is 0.481 e. The Morgan fingerprint density at radius 3 is 2.27 bits per heavy atom. The molecule has 5 atom stereocenters. The number of aromatic amines is 1. The van der Waals surface area contributed by atoms with Gasteiger partial charge in [0.15, 0.2) is 6.23 Å². The van der Waals surface area contributed by atoms with Gasteiger partial charge in [-0.05, 0) is 12.1 Å². The van der Waals surface area contributed by atoms with Gasteiger partial charge in [-0.15, -0.1) is 0 Å². The lowest BCUT2D eigenvalue weighted by Gasteiger charge is -2.17. The quantitative estimate of drug-likeness (QED) is 0.172. The summed E-state index contributed by atoms with van der Waals surface area (Å²) in [5, 5.41) is 19.8. The van der Waals surface area contributed by atoms with Gasteiger partial charge in [0.05, 0.1) is 12.2 Å². The molecule has 0 saturated carbocycles. The zero-order chi connectivity index (χ0) is 27.8. The van der Waals surface area contributed by atoms with Crippen LogP contribution >= 0.6 is 15.6 Å². The molecule has 18 nitrogen and oxygen atoms in total. The van der Waals surface area contributed by atoms with Crippen LogP contribution in [0.3, 0.4) is 0 Å². The molecule has 2 aliphatic rings. The Morgan fingerprint density at radius 1 is 1.03 bits per heavy atom. The Bertz CT molecular complexity index is 1500. The normalized spacial score (nSPS) is 25.9. The van der Waals surface area contributed by atoms with Crippen LogP contribution in [0.1, 0.15) is 16.6 Å². The molecule has 204 valence electrons. The first-order valence-corrected chi connectivity index (χ1v) is 14.2. The van der Waals surface area contributed by atoms with Crippen molar-refractivity contribution >= 4 is 31.6 Å². The van der Waals surface area contributed by atoms with E-state index in [1.165, 1.54) is 12.1 Å². The van der Waals surface area contributed by atoms with E-state index < -0.39 is 74.0 Å². The average molecular weight is 587 g/mol. The number of amides is 1. The summed E-state index contributed by atoms with van der Waals surface area (Å²) in [5.74, 6) is -0.550. The standard InChI is InChI=1S/C9H14N2O12P2.C7H5NO3S/c12-5-1-2-11(9(15)10-5)8-7(14)6(13)4(22-8)3-21-25(19,20)23-24(16,17)18;9-7-5-3-1-2-4-6(5)12(10,11)8-7/h1-2,4,6-8,13-14H,3H2,(H,19,20)(H,10,12,15)(H2,16,17,18);1-4H,(H,8,9)/t4-,6-,7-,8-;/m1./s1. The van der Waals surface area contributed by atoms with Crippen LogP contribution in [0.2, 0.25) is 0 Å². The first-order chi connectivity index (χ1) is 17.0. The third kappa shape index (κ3) is 7.07. The third-order valence-corrected chi connectivity index (χ3v) is 8.26. The van der Waals surface area contributed by atoms with Gasteiger partial charge in [0, 0.05) is 12.3 Å². The van der Waals surface area contributed by atoms with Gasteiger partial charge in [-0.2, -0.15) is 4.31 Å². The van der Waals surface area contributed by atoms with E-state index in [1.807, 2.05) is 9.71 Å². The van der Waals surface area contributed by atoms with E-state index in [9.17, 15) is 42.1 Å². The van der Waals surface area contributed by atoms with Gasteiger partial charge >= 0.3 is 21.3 Å². The van der Waals surface area contributed by atoms with Crippen LogP contribution in [-0.2, 0) is 32.7 Å². The molecule has 1 amide bonds. The second-order valence-electron chi connectivity index (χ2n) is 7.33. The van der Waals surface area contributed by atoms with Crippen LogP contribution in [0.4, 0.5) is 0 Å². The number of aromatic nitrogens is 2. The lowest BCUT2D eigenvalue weighted by atomic mass is 10.1. The Hall–Kier alpha value is -2.54. The zero-order valence-electron chi connectivity index (χ0n) is 18.0. The van der Waals surface area contributed by atoms with Crippen LogP contribution in [0.15, 0.2) is 51.0 Å². The summed E-state index contributed by atoms with van der Waals surface area (Å²) in [6, 6.07) is 7.05. The SMILES string of the molecule is O=C1NS(=O)(=O)c2ccccc21.O=c1ccn([C@@H]2O[C@H](COP(=O)(O)OP(=O)(O)O)[C@@H](O)[C@H]2O)c(=O)[nH]1. The van der Waals surface area contributed by atoms with E-state index in [0.29, 0.717) is 0 Å². The lowest BCUT2D eigenvalue weighted by molar-refractivity contribution is -0.0542. The highest BCUT2D eigenvalue weighted by atomic mass is 32.2. The van der Waals surface area contributed by atoms with Crippen molar-refractivity contribution in [1.82, 2.24) is 14.3 Å². The van der Waals surface area contributed by atoms with Crippen molar-refractivity contribution < 1.29 is 60.8 Å². The molecule has 0 spiro atoms. The van der Waals surface area contributed by atoms with E-state index in [1.54, 1.807) is 12.1 Å². The molecule has 0 aliphatic carbocycles. The Morgan fingerprint density at radius 2 is 1.68 bits per heavy atom. The van der Waals surface area contributed by atoms with Crippen LogP contribution < -0.4 is 16.0 Å². The van der Waals surface area contributed by atoms with Gasteiger partial charge in [-0.1, -0.05) is 12.1 Å². The molecule has 2 aromatic rings. The van der Waals surface area contributed by atoms with Gasteiger partial charge in [0.1, 0.15) is 23.2 Å². The number of ether oxygens (including phenoxy) is 1. The van der Waals surface area contributed by atoms with Gasteiger partial charge in [-0.3, -0.25) is 23.7 Å². The summed E-state index contributed by atoms with van der Waals surface area (Å²) >= 11 is 0. The molecule has 1 aromatic heterocycles. The lowest BCUT2D eigenvalue weighted by Crippen LogP contribution is -2.37. The number of aliphatic hydroxyl groups excluding tert-OH is 2. The molecule has 7 N–H and O–H groups in total. The predicted octanol–water partition coefficient (Wildman–Crippen LogP) is -2.50. The fourth-order valence-electron chi connectivity index (χ4n) is 3.17.